The molecule has 1 aliphatic heterocycles. The predicted octanol–water partition coefficient (Wildman–Crippen LogP) is 3.53. The molecule has 0 bridgehead atoms. The Balaban J connectivity index is 1.90. The lowest BCUT2D eigenvalue weighted by atomic mass is 10.1. The maximum atomic E-state index is 13.5. The van der Waals surface area contributed by atoms with Crippen LogP contribution >= 0.6 is 0 Å². The van der Waals surface area contributed by atoms with Crippen molar-refractivity contribution in [1.82, 2.24) is 29.0 Å². The summed E-state index contributed by atoms with van der Waals surface area (Å²) in [6.07, 6.45) is 1.68. The number of ether oxygens (including phenoxy) is 1. The van der Waals surface area contributed by atoms with Crippen LogP contribution in [0.5, 0.6) is 11.6 Å². The molecule has 1 aromatic carbocycles. The van der Waals surface area contributed by atoms with Gasteiger partial charge in [-0.3, -0.25) is 4.68 Å². The van der Waals surface area contributed by atoms with E-state index in [-0.39, 0.29) is 4.90 Å². The molecule has 37 heavy (non-hydrogen) atoms. The van der Waals surface area contributed by atoms with E-state index in [1.165, 1.54) is 4.31 Å². The minimum absolute atomic E-state index is 0.201. The second-order valence-electron chi connectivity index (χ2n) is 10.4. The molecule has 0 radical (unpaired) electrons. The topological polar surface area (TPSA) is 103 Å². The average Bonchev–Trinajstić information content (AvgIpc) is 3.14. The summed E-state index contributed by atoms with van der Waals surface area (Å²) in [5, 5.41) is 4.70. The van der Waals surface area contributed by atoms with Gasteiger partial charge in [0.1, 0.15) is 16.8 Å². The fourth-order valence-corrected chi connectivity index (χ4v) is 6.57. The SMILES string of the molecule is CCCc1nn(C)c2c(O[Si](C)(C)C)nc(-c3cc(S(=O)(=O)N4CCN(C)CC4)ccc3OCC)nc12. The Hall–Kier alpha value is -2.54. The van der Waals surface area contributed by atoms with E-state index in [0.717, 1.165) is 29.6 Å². The summed E-state index contributed by atoms with van der Waals surface area (Å²) < 4.78 is 42.7. The van der Waals surface area contributed by atoms with Crippen molar-refractivity contribution < 1.29 is 17.6 Å². The molecule has 0 N–H and O–H groups in total. The van der Waals surface area contributed by atoms with Gasteiger partial charge in [0.2, 0.25) is 24.2 Å². The van der Waals surface area contributed by atoms with E-state index in [0.29, 0.717) is 55.8 Å². The number of benzene rings is 1. The molecule has 4 rings (SSSR count). The summed E-state index contributed by atoms with van der Waals surface area (Å²) in [5.74, 6) is 1.36. The lowest BCUT2D eigenvalue weighted by molar-refractivity contribution is 0.222. The van der Waals surface area contributed by atoms with Crippen molar-refractivity contribution in [3.63, 3.8) is 0 Å². The highest BCUT2D eigenvalue weighted by Gasteiger charge is 2.30. The largest absolute Gasteiger partial charge is 0.530 e. The molecule has 0 spiro atoms. The summed E-state index contributed by atoms with van der Waals surface area (Å²) in [4.78, 5) is 12.1. The van der Waals surface area contributed by atoms with Crippen LogP contribution in [0.3, 0.4) is 0 Å². The molecule has 1 aliphatic rings. The number of piperazine rings is 1. The monoisotopic (exact) mass is 546 g/mol. The molecular formula is C25H38N6O4SSi. The van der Waals surface area contributed by atoms with E-state index < -0.39 is 18.3 Å². The standard InChI is InChI=1S/C25H38N6O4SSi/c1-8-10-20-22-23(30(4)28-20)25(35-37(5,6)7)27-24(26-22)19-17-18(11-12-21(19)34-9-2)36(32,33)31-15-13-29(3)14-16-31/h11-12,17H,8-10,13-16H2,1-7H3. The van der Waals surface area contributed by atoms with Gasteiger partial charge in [-0.05, 0) is 58.2 Å². The summed E-state index contributed by atoms with van der Waals surface area (Å²) in [6, 6.07) is 4.94. The molecule has 2 aromatic heterocycles. The lowest BCUT2D eigenvalue weighted by Gasteiger charge is -2.31. The van der Waals surface area contributed by atoms with Gasteiger partial charge in [0.25, 0.3) is 0 Å². The maximum Gasteiger partial charge on any atom is 0.244 e. The van der Waals surface area contributed by atoms with Gasteiger partial charge in [0.15, 0.2) is 5.82 Å². The Morgan fingerprint density at radius 2 is 1.73 bits per heavy atom. The van der Waals surface area contributed by atoms with E-state index in [1.807, 2.05) is 21.0 Å². The first-order valence-corrected chi connectivity index (χ1v) is 17.7. The fraction of sp³-hybridized carbons (Fsp3) is 0.560. The van der Waals surface area contributed by atoms with Gasteiger partial charge < -0.3 is 14.1 Å². The summed E-state index contributed by atoms with van der Waals surface area (Å²) in [5.41, 5.74) is 2.85. The van der Waals surface area contributed by atoms with Crippen molar-refractivity contribution >= 4 is 29.4 Å². The van der Waals surface area contributed by atoms with E-state index in [2.05, 4.69) is 31.5 Å². The number of aromatic nitrogens is 4. The third-order valence-corrected chi connectivity index (χ3v) is 8.90. The zero-order chi connectivity index (χ0) is 27.0. The number of hydrogen-bond acceptors (Lipinski definition) is 8. The highest BCUT2D eigenvalue weighted by Crippen LogP contribution is 2.36. The Labute approximate surface area is 220 Å². The van der Waals surface area contributed by atoms with Crippen molar-refractivity contribution in [3.8, 4) is 23.0 Å². The molecule has 0 amide bonds. The molecular weight excluding hydrogens is 508 g/mol. The van der Waals surface area contributed by atoms with Gasteiger partial charge >= 0.3 is 0 Å². The minimum Gasteiger partial charge on any atom is -0.530 e. The predicted molar refractivity (Wildman–Crippen MR) is 147 cm³/mol. The van der Waals surface area contributed by atoms with E-state index in [4.69, 9.17) is 24.2 Å². The molecule has 12 heteroatoms. The molecule has 0 aliphatic carbocycles. The van der Waals surface area contributed by atoms with Gasteiger partial charge in [-0.2, -0.15) is 14.4 Å². The maximum absolute atomic E-state index is 13.5. The van der Waals surface area contributed by atoms with Gasteiger partial charge in [-0.25, -0.2) is 13.4 Å². The van der Waals surface area contributed by atoms with E-state index in [9.17, 15) is 8.42 Å². The molecule has 0 saturated carbocycles. The highest BCUT2D eigenvalue weighted by molar-refractivity contribution is 7.89. The van der Waals surface area contributed by atoms with Crippen LogP contribution in [0, 0.1) is 0 Å². The van der Waals surface area contributed by atoms with Crippen LogP contribution < -0.4 is 9.16 Å². The quantitative estimate of drug-likeness (QED) is 0.376. The van der Waals surface area contributed by atoms with Gasteiger partial charge in [0.05, 0.1) is 22.8 Å². The van der Waals surface area contributed by atoms with Crippen molar-refractivity contribution in [2.45, 2.75) is 51.2 Å². The Bertz CT molecular complexity index is 1380. The minimum atomic E-state index is -3.69. The van der Waals surface area contributed by atoms with Crippen molar-refractivity contribution in [1.29, 1.82) is 0 Å². The van der Waals surface area contributed by atoms with Crippen LogP contribution in [0.1, 0.15) is 26.0 Å². The van der Waals surface area contributed by atoms with Crippen LogP contribution in [0.15, 0.2) is 23.1 Å². The summed E-state index contributed by atoms with van der Waals surface area (Å²) >= 11 is 0. The number of likely N-dealkylation sites (N-methyl/N-ethyl adjacent to an activating group) is 1. The highest BCUT2D eigenvalue weighted by atomic mass is 32.2. The zero-order valence-electron chi connectivity index (χ0n) is 22.9. The fourth-order valence-electron chi connectivity index (χ4n) is 4.40. The number of fused-ring (bicyclic) bond motifs is 1. The third-order valence-electron chi connectivity index (χ3n) is 6.20. The van der Waals surface area contributed by atoms with Crippen LogP contribution in [-0.4, -0.2) is 85.5 Å². The first kappa shape index (κ1) is 27.5. The normalized spacial score (nSPS) is 15.9. The number of aryl methyl sites for hydroxylation is 2. The third kappa shape index (κ3) is 5.81. The van der Waals surface area contributed by atoms with Crippen LogP contribution in [0.4, 0.5) is 0 Å². The lowest BCUT2D eigenvalue weighted by Crippen LogP contribution is -2.47. The molecule has 1 fully saturated rings. The summed E-state index contributed by atoms with van der Waals surface area (Å²) in [6.45, 7) is 13.0. The van der Waals surface area contributed by atoms with Crippen LogP contribution in [0.2, 0.25) is 19.6 Å². The average molecular weight is 547 g/mol. The summed E-state index contributed by atoms with van der Waals surface area (Å²) in [7, 11) is -1.86. The van der Waals surface area contributed by atoms with Crippen molar-refractivity contribution in [3.05, 3.63) is 23.9 Å². The number of rotatable bonds is 9. The smallest absolute Gasteiger partial charge is 0.244 e. The van der Waals surface area contributed by atoms with Crippen molar-refractivity contribution in [2.75, 3.05) is 39.8 Å². The molecule has 0 atom stereocenters. The second kappa shape index (κ2) is 10.7. The van der Waals surface area contributed by atoms with Gasteiger partial charge in [-0.15, -0.1) is 0 Å². The Morgan fingerprint density at radius 3 is 2.35 bits per heavy atom. The van der Waals surface area contributed by atoms with Crippen LogP contribution in [-0.2, 0) is 23.5 Å². The molecule has 0 unspecified atom stereocenters. The van der Waals surface area contributed by atoms with E-state index in [1.54, 1.807) is 22.9 Å². The first-order chi connectivity index (χ1) is 17.4. The molecule has 3 heterocycles. The van der Waals surface area contributed by atoms with Gasteiger partial charge in [0, 0.05) is 33.2 Å². The second-order valence-corrected chi connectivity index (χ2v) is 16.7. The number of nitrogens with zero attached hydrogens (tertiary/aromatic N) is 6. The van der Waals surface area contributed by atoms with Crippen molar-refractivity contribution in [2.24, 2.45) is 7.05 Å². The first-order valence-electron chi connectivity index (χ1n) is 12.8. The Morgan fingerprint density at radius 1 is 1.03 bits per heavy atom. The molecule has 1 saturated heterocycles. The van der Waals surface area contributed by atoms with Gasteiger partial charge in [-0.1, -0.05) is 13.3 Å². The van der Waals surface area contributed by atoms with E-state index >= 15 is 0 Å². The zero-order valence-corrected chi connectivity index (χ0v) is 24.7. The molecule has 10 nitrogen and oxygen atoms in total. The molecule has 3 aromatic rings. The number of sulfonamides is 1. The van der Waals surface area contributed by atoms with Crippen LogP contribution in [0.25, 0.3) is 22.4 Å². The Kier molecular flexibility index (Phi) is 7.93. The molecule has 202 valence electrons. The number of hydrogen-bond donors (Lipinski definition) is 0.